The van der Waals surface area contributed by atoms with Gasteiger partial charge in [0.1, 0.15) is 11.0 Å². The molecule has 0 atom stereocenters. The molecule has 2 aromatic rings. The molecule has 0 unspecified atom stereocenters. The number of hydrogen-bond acceptors (Lipinski definition) is 5. The highest BCUT2D eigenvalue weighted by Gasteiger charge is 2.09. The van der Waals surface area contributed by atoms with Crippen LogP contribution in [0.25, 0.3) is 0 Å². The van der Waals surface area contributed by atoms with Crippen LogP contribution in [0.2, 0.25) is 5.15 Å². The zero-order valence-corrected chi connectivity index (χ0v) is 13.8. The molecule has 0 saturated heterocycles. The number of nitrogen functional groups attached to an aromatic ring is 1. The van der Waals surface area contributed by atoms with E-state index in [-0.39, 0.29) is 0 Å². The highest BCUT2D eigenvalue weighted by Crippen LogP contribution is 2.25. The van der Waals surface area contributed by atoms with E-state index < -0.39 is 0 Å². The molecule has 0 aliphatic rings. The van der Waals surface area contributed by atoms with Gasteiger partial charge in [-0.05, 0) is 36.5 Å². The van der Waals surface area contributed by atoms with Crippen LogP contribution in [-0.2, 0) is 5.75 Å². The number of halogens is 1. The van der Waals surface area contributed by atoms with E-state index in [2.05, 4.69) is 40.9 Å². The first-order chi connectivity index (χ1) is 10.1. The lowest BCUT2D eigenvalue weighted by atomic mass is 9.94. The normalized spacial score (nSPS) is 11.0. The predicted octanol–water partition coefficient (Wildman–Crippen LogP) is 4.30. The summed E-state index contributed by atoms with van der Waals surface area (Å²) in [4.78, 5) is 12.7. The topological polar surface area (TPSA) is 64.7 Å². The number of hydrogen-bond donors (Lipinski definition) is 1. The largest absolute Gasteiger partial charge is 0.384 e. The molecule has 0 bridgehead atoms. The van der Waals surface area contributed by atoms with Crippen molar-refractivity contribution in [2.24, 2.45) is 0 Å². The third-order valence-corrected chi connectivity index (χ3v) is 4.42. The molecule has 0 aliphatic heterocycles. The van der Waals surface area contributed by atoms with Crippen LogP contribution in [0.15, 0.2) is 29.6 Å². The lowest BCUT2D eigenvalue weighted by Gasteiger charge is -2.13. The molecular weight excluding hydrogens is 304 g/mol. The Labute approximate surface area is 134 Å². The molecule has 112 valence electrons. The molecule has 0 saturated carbocycles. The van der Waals surface area contributed by atoms with Gasteiger partial charge in [0.25, 0.3) is 0 Å². The van der Waals surface area contributed by atoms with Crippen molar-refractivity contribution in [3.63, 3.8) is 0 Å². The Morgan fingerprint density at radius 2 is 2.00 bits per heavy atom. The summed E-state index contributed by atoms with van der Waals surface area (Å²) >= 11 is 7.36. The Balaban J connectivity index is 2.08. The zero-order valence-electron chi connectivity index (χ0n) is 12.2. The summed E-state index contributed by atoms with van der Waals surface area (Å²) in [6.45, 7) is 4.43. The van der Waals surface area contributed by atoms with E-state index >= 15 is 0 Å². The smallest absolute Gasteiger partial charge is 0.191 e. The van der Waals surface area contributed by atoms with Crippen molar-refractivity contribution >= 4 is 29.2 Å². The number of aromatic nitrogens is 3. The van der Waals surface area contributed by atoms with Crippen LogP contribution in [0.4, 0.5) is 5.82 Å². The van der Waals surface area contributed by atoms with E-state index in [1.165, 1.54) is 23.4 Å². The van der Waals surface area contributed by atoms with Gasteiger partial charge < -0.3 is 5.73 Å². The van der Waals surface area contributed by atoms with E-state index in [0.717, 1.165) is 18.5 Å². The maximum Gasteiger partial charge on any atom is 0.191 e. The molecule has 0 aliphatic carbocycles. The van der Waals surface area contributed by atoms with Crippen molar-refractivity contribution in [2.75, 3.05) is 5.73 Å². The Kier molecular flexibility index (Phi) is 5.82. The quantitative estimate of drug-likeness (QED) is 0.488. The van der Waals surface area contributed by atoms with Crippen molar-refractivity contribution in [2.45, 2.75) is 43.5 Å². The molecule has 0 aromatic carbocycles. The molecule has 0 fully saturated rings. The summed E-state index contributed by atoms with van der Waals surface area (Å²) in [6.07, 6.45) is 4.15. The molecule has 0 radical (unpaired) electrons. The van der Waals surface area contributed by atoms with Crippen LogP contribution in [0.3, 0.4) is 0 Å². The first-order valence-corrected chi connectivity index (χ1v) is 8.36. The molecule has 6 heteroatoms. The van der Waals surface area contributed by atoms with Crippen molar-refractivity contribution < 1.29 is 0 Å². The second-order valence-electron chi connectivity index (χ2n) is 4.78. The van der Waals surface area contributed by atoms with Crippen LogP contribution in [0, 0.1) is 0 Å². The maximum absolute atomic E-state index is 5.88. The number of thioether (sulfide) groups is 1. The highest BCUT2D eigenvalue weighted by atomic mass is 35.5. The molecule has 2 heterocycles. The number of nitrogens with zero attached hydrogens (tertiary/aromatic N) is 3. The molecule has 0 amide bonds. The van der Waals surface area contributed by atoms with Crippen LogP contribution in [-0.4, -0.2) is 15.0 Å². The summed E-state index contributed by atoms with van der Waals surface area (Å²) in [5.74, 6) is 1.68. The standard InChI is InChI=1S/C15H19ClN4S/c1-3-10(4-2)11-5-6-18-12(7-11)9-21-15-19-13(16)8-14(17)20-15/h5-8,10H,3-4,9H2,1-2H3,(H2,17,19,20). The van der Waals surface area contributed by atoms with Gasteiger partial charge in [0, 0.05) is 18.0 Å². The summed E-state index contributed by atoms with van der Waals surface area (Å²) in [7, 11) is 0. The van der Waals surface area contributed by atoms with Crippen LogP contribution in [0.5, 0.6) is 0 Å². The Bertz CT molecular complexity index is 582. The van der Waals surface area contributed by atoms with Crippen molar-refractivity contribution in [3.05, 3.63) is 40.8 Å². The maximum atomic E-state index is 5.88. The Morgan fingerprint density at radius 3 is 2.67 bits per heavy atom. The molecular formula is C15H19ClN4S. The van der Waals surface area contributed by atoms with Gasteiger partial charge in [-0.1, -0.05) is 37.2 Å². The van der Waals surface area contributed by atoms with E-state index in [1.54, 1.807) is 0 Å². The van der Waals surface area contributed by atoms with Gasteiger partial charge in [-0.25, -0.2) is 9.97 Å². The van der Waals surface area contributed by atoms with Gasteiger partial charge in [0.15, 0.2) is 5.16 Å². The fourth-order valence-corrected chi connectivity index (χ4v) is 3.22. The van der Waals surface area contributed by atoms with Crippen LogP contribution < -0.4 is 5.73 Å². The third-order valence-electron chi connectivity index (χ3n) is 3.34. The summed E-state index contributed by atoms with van der Waals surface area (Å²) in [5.41, 5.74) is 8.03. The molecule has 2 rings (SSSR count). The van der Waals surface area contributed by atoms with Gasteiger partial charge >= 0.3 is 0 Å². The minimum Gasteiger partial charge on any atom is -0.384 e. The number of nitrogens with two attached hydrogens (primary N) is 1. The predicted molar refractivity (Wildman–Crippen MR) is 88.6 cm³/mol. The fraction of sp³-hybridized carbons (Fsp3) is 0.400. The Hall–Kier alpha value is -1.33. The molecule has 2 N–H and O–H groups in total. The lowest BCUT2D eigenvalue weighted by molar-refractivity contribution is 0.640. The second kappa shape index (κ2) is 7.61. The average Bonchev–Trinajstić information content (AvgIpc) is 2.46. The molecule has 21 heavy (non-hydrogen) atoms. The van der Waals surface area contributed by atoms with Crippen LogP contribution in [0.1, 0.15) is 43.9 Å². The number of rotatable bonds is 6. The number of anilines is 1. The van der Waals surface area contributed by atoms with Gasteiger partial charge in [0.05, 0.1) is 5.69 Å². The summed E-state index contributed by atoms with van der Waals surface area (Å²) in [5, 5.41) is 0.943. The minimum absolute atomic E-state index is 0.365. The third kappa shape index (κ3) is 4.58. The van der Waals surface area contributed by atoms with E-state index in [9.17, 15) is 0 Å². The Morgan fingerprint density at radius 1 is 1.24 bits per heavy atom. The van der Waals surface area contributed by atoms with E-state index in [4.69, 9.17) is 17.3 Å². The van der Waals surface area contributed by atoms with Crippen molar-refractivity contribution in [1.82, 2.24) is 15.0 Å². The number of pyridine rings is 1. The lowest BCUT2D eigenvalue weighted by Crippen LogP contribution is -1.99. The highest BCUT2D eigenvalue weighted by molar-refractivity contribution is 7.98. The van der Waals surface area contributed by atoms with E-state index in [1.807, 2.05) is 6.20 Å². The molecule has 4 nitrogen and oxygen atoms in total. The molecule has 2 aromatic heterocycles. The average molecular weight is 323 g/mol. The summed E-state index contributed by atoms with van der Waals surface area (Å²) < 4.78 is 0. The first-order valence-electron chi connectivity index (χ1n) is 7.00. The van der Waals surface area contributed by atoms with Gasteiger partial charge in [-0.2, -0.15) is 0 Å². The van der Waals surface area contributed by atoms with Gasteiger partial charge in [-0.15, -0.1) is 0 Å². The first kappa shape index (κ1) is 16.0. The van der Waals surface area contributed by atoms with E-state index in [0.29, 0.717) is 27.8 Å². The SMILES string of the molecule is CCC(CC)c1ccnc(CSc2nc(N)cc(Cl)n2)c1. The zero-order chi connectivity index (χ0) is 15.2. The van der Waals surface area contributed by atoms with Crippen molar-refractivity contribution in [1.29, 1.82) is 0 Å². The van der Waals surface area contributed by atoms with Gasteiger partial charge in [0.2, 0.25) is 0 Å². The van der Waals surface area contributed by atoms with Gasteiger partial charge in [-0.3, -0.25) is 4.98 Å². The monoisotopic (exact) mass is 322 g/mol. The fourth-order valence-electron chi connectivity index (χ4n) is 2.21. The minimum atomic E-state index is 0.365. The summed E-state index contributed by atoms with van der Waals surface area (Å²) in [6, 6.07) is 5.80. The second-order valence-corrected chi connectivity index (χ2v) is 6.11. The molecule has 0 spiro atoms. The van der Waals surface area contributed by atoms with Crippen molar-refractivity contribution in [3.8, 4) is 0 Å². The van der Waals surface area contributed by atoms with Crippen LogP contribution >= 0.6 is 23.4 Å².